The lowest BCUT2D eigenvalue weighted by atomic mass is 10.2. The highest BCUT2D eigenvalue weighted by molar-refractivity contribution is 7.09. The van der Waals surface area contributed by atoms with Crippen molar-refractivity contribution in [3.05, 3.63) is 76.4 Å². The number of ether oxygens (including phenoxy) is 1. The van der Waals surface area contributed by atoms with Gasteiger partial charge in [-0.2, -0.15) is 0 Å². The van der Waals surface area contributed by atoms with Gasteiger partial charge in [0.2, 0.25) is 0 Å². The molecule has 1 unspecified atom stereocenters. The first-order chi connectivity index (χ1) is 12.1. The Kier molecular flexibility index (Phi) is 5.56. The van der Waals surface area contributed by atoms with Crippen molar-refractivity contribution in [3.8, 4) is 5.75 Å². The number of nitrogens with zero attached hydrogens (tertiary/aromatic N) is 1. The van der Waals surface area contributed by atoms with Crippen molar-refractivity contribution in [2.45, 2.75) is 33.0 Å². The van der Waals surface area contributed by atoms with Crippen LogP contribution in [0.4, 0.5) is 0 Å². The average molecular weight is 355 g/mol. The van der Waals surface area contributed by atoms with Gasteiger partial charge in [0.1, 0.15) is 11.5 Å². The van der Waals surface area contributed by atoms with Crippen LogP contribution in [0.25, 0.3) is 0 Å². The Labute approximate surface area is 151 Å². The topological polar surface area (TPSA) is 42.7 Å². The van der Waals surface area contributed by atoms with Gasteiger partial charge in [0.15, 0.2) is 6.10 Å². The van der Waals surface area contributed by atoms with Crippen LogP contribution >= 0.6 is 11.3 Å². The molecule has 0 radical (unpaired) electrons. The highest BCUT2D eigenvalue weighted by atomic mass is 32.1. The second kappa shape index (κ2) is 8.03. The summed E-state index contributed by atoms with van der Waals surface area (Å²) < 4.78 is 11.2. The van der Waals surface area contributed by atoms with Crippen LogP contribution in [0.3, 0.4) is 0 Å². The zero-order valence-corrected chi connectivity index (χ0v) is 15.2. The third-order valence-corrected chi connectivity index (χ3v) is 4.71. The molecule has 4 nitrogen and oxygen atoms in total. The van der Waals surface area contributed by atoms with Crippen LogP contribution in [-0.2, 0) is 17.9 Å². The Bertz CT molecular complexity index is 743. The van der Waals surface area contributed by atoms with Gasteiger partial charge in [0, 0.05) is 4.88 Å². The Morgan fingerprint density at radius 3 is 2.60 bits per heavy atom. The van der Waals surface area contributed by atoms with E-state index in [0.29, 0.717) is 18.8 Å². The van der Waals surface area contributed by atoms with Crippen LogP contribution in [0.5, 0.6) is 5.75 Å². The summed E-state index contributed by atoms with van der Waals surface area (Å²) in [5.74, 6) is 1.39. The van der Waals surface area contributed by atoms with Crippen LogP contribution < -0.4 is 4.74 Å². The molecule has 2 heterocycles. The quantitative estimate of drug-likeness (QED) is 0.620. The van der Waals surface area contributed by atoms with Crippen molar-refractivity contribution < 1.29 is 13.9 Å². The van der Waals surface area contributed by atoms with E-state index in [4.69, 9.17) is 9.15 Å². The van der Waals surface area contributed by atoms with Gasteiger partial charge in [-0.3, -0.25) is 4.79 Å². The molecule has 2 aromatic heterocycles. The van der Waals surface area contributed by atoms with Gasteiger partial charge in [0.25, 0.3) is 5.91 Å². The van der Waals surface area contributed by atoms with E-state index in [1.54, 1.807) is 29.4 Å². The minimum absolute atomic E-state index is 0.0645. The maximum atomic E-state index is 12.9. The first kappa shape index (κ1) is 17.3. The number of carbonyl (C=O) groups excluding carboxylic acids is 1. The number of rotatable bonds is 7. The lowest BCUT2D eigenvalue weighted by Gasteiger charge is -2.25. The van der Waals surface area contributed by atoms with Crippen molar-refractivity contribution in [3.63, 3.8) is 0 Å². The molecular formula is C20H21NO3S. The second-order valence-corrected chi connectivity index (χ2v) is 6.96. The average Bonchev–Trinajstić information content (AvgIpc) is 3.29. The summed E-state index contributed by atoms with van der Waals surface area (Å²) in [5.41, 5.74) is 1.16. The van der Waals surface area contributed by atoms with Gasteiger partial charge >= 0.3 is 0 Å². The minimum atomic E-state index is -0.572. The molecule has 0 aliphatic heterocycles. The second-order valence-electron chi connectivity index (χ2n) is 5.93. The van der Waals surface area contributed by atoms with Crippen molar-refractivity contribution >= 4 is 17.2 Å². The normalized spacial score (nSPS) is 11.9. The highest BCUT2D eigenvalue weighted by Gasteiger charge is 2.23. The molecule has 0 aliphatic rings. The maximum absolute atomic E-state index is 12.9. The zero-order chi connectivity index (χ0) is 17.6. The van der Waals surface area contributed by atoms with Crippen molar-refractivity contribution in [1.29, 1.82) is 0 Å². The molecule has 0 bridgehead atoms. The SMILES string of the molecule is Cc1ccc(OC(C)C(=O)N(Cc2ccco2)Cc2cccs2)cc1. The number of benzene rings is 1. The van der Waals surface area contributed by atoms with Gasteiger partial charge in [0.05, 0.1) is 19.4 Å². The van der Waals surface area contributed by atoms with Crippen LogP contribution in [0, 0.1) is 6.92 Å². The fourth-order valence-electron chi connectivity index (χ4n) is 2.52. The van der Waals surface area contributed by atoms with E-state index in [1.165, 1.54) is 0 Å². The molecule has 0 spiro atoms. The van der Waals surface area contributed by atoms with Gasteiger partial charge in [-0.05, 0) is 49.6 Å². The zero-order valence-electron chi connectivity index (χ0n) is 14.3. The summed E-state index contributed by atoms with van der Waals surface area (Å²) in [6.45, 7) is 4.76. The summed E-state index contributed by atoms with van der Waals surface area (Å²) in [5, 5.41) is 2.01. The van der Waals surface area contributed by atoms with Crippen LogP contribution in [-0.4, -0.2) is 16.9 Å². The number of amides is 1. The first-order valence-corrected chi connectivity index (χ1v) is 9.06. The number of furan rings is 1. The molecule has 5 heteroatoms. The molecule has 0 aliphatic carbocycles. The lowest BCUT2D eigenvalue weighted by Crippen LogP contribution is -2.39. The number of thiophene rings is 1. The molecule has 25 heavy (non-hydrogen) atoms. The van der Waals surface area contributed by atoms with E-state index < -0.39 is 6.10 Å². The largest absolute Gasteiger partial charge is 0.481 e. The van der Waals surface area contributed by atoms with E-state index in [9.17, 15) is 4.79 Å². The van der Waals surface area contributed by atoms with E-state index in [1.807, 2.05) is 60.8 Å². The van der Waals surface area contributed by atoms with Crippen molar-refractivity contribution in [2.75, 3.05) is 0 Å². The summed E-state index contributed by atoms with van der Waals surface area (Å²) >= 11 is 1.63. The highest BCUT2D eigenvalue weighted by Crippen LogP contribution is 2.18. The van der Waals surface area contributed by atoms with E-state index >= 15 is 0 Å². The maximum Gasteiger partial charge on any atom is 0.264 e. The van der Waals surface area contributed by atoms with Crippen molar-refractivity contribution in [1.82, 2.24) is 4.90 Å². The summed E-state index contributed by atoms with van der Waals surface area (Å²) in [7, 11) is 0. The van der Waals surface area contributed by atoms with E-state index in [-0.39, 0.29) is 5.91 Å². The molecule has 0 saturated carbocycles. The molecule has 1 amide bonds. The monoisotopic (exact) mass is 355 g/mol. The van der Waals surface area contributed by atoms with Crippen LogP contribution in [0.15, 0.2) is 64.6 Å². The molecule has 0 fully saturated rings. The van der Waals surface area contributed by atoms with Gasteiger partial charge in [-0.15, -0.1) is 11.3 Å². The molecular weight excluding hydrogens is 334 g/mol. The summed E-state index contributed by atoms with van der Waals surface area (Å²) in [6, 6.07) is 15.4. The molecule has 1 aromatic carbocycles. The molecule has 1 atom stereocenters. The van der Waals surface area contributed by atoms with Gasteiger partial charge < -0.3 is 14.1 Å². The predicted octanol–water partition coefficient (Wildman–Crippen LogP) is 4.65. The summed E-state index contributed by atoms with van der Waals surface area (Å²) in [6.07, 6.45) is 1.05. The van der Waals surface area contributed by atoms with Crippen molar-refractivity contribution in [2.24, 2.45) is 0 Å². The Morgan fingerprint density at radius 1 is 1.16 bits per heavy atom. The Balaban J connectivity index is 1.71. The molecule has 130 valence electrons. The lowest BCUT2D eigenvalue weighted by molar-refractivity contribution is -0.139. The smallest absolute Gasteiger partial charge is 0.264 e. The number of hydrogen-bond acceptors (Lipinski definition) is 4. The standard InChI is InChI=1S/C20H21NO3S/c1-15-7-9-17(10-8-15)24-16(2)20(22)21(13-18-5-3-11-23-18)14-19-6-4-12-25-19/h3-12,16H,13-14H2,1-2H3. The summed E-state index contributed by atoms with van der Waals surface area (Å²) in [4.78, 5) is 15.8. The van der Waals surface area contributed by atoms with Gasteiger partial charge in [-0.1, -0.05) is 23.8 Å². The minimum Gasteiger partial charge on any atom is -0.481 e. The predicted molar refractivity (Wildman–Crippen MR) is 98.6 cm³/mol. The Hall–Kier alpha value is -2.53. The number of aryl methyl sites for hydroxylation is 1. The van der Waals surface area contributed by atoms with Crippen LogP contribution in [0.2, 0.25) is 0 Å². The molecule has 3 aromatic rings. The third-order valence-electron chi connectivity index (χ3n) is 3.85. The fourth-order valence-corrected chi connectivity index (χ4v) is 3.24. The Morgan fingerprint density at radius 2 is 1.96 bits per heavy atom. The van der Waals surface area contributed by atoms with Gasteiger partial charge in [-0.25, -0.2) is 0 Å². The van der Waals surface area contributed by atoms with E-state index in [2.05, 4.69) is 0 Å². The molecule has 0 N–H and O–H groups in total. The first-order valence-electron chi connectivity index (χ1n) is 8.18. The fraction of sp³-hybridized carbons (Fsp3) is 0.250. The molecule has 3 rings (SSSR count). The third kappa shape index (κ3) is 4.73. The van der Waals surface area contributed by atoms with Crippen LogP contribution in [0.1, 0.15) is 23.1 Å². The van der Waals surface area contributed by atoms with E-state index in [0.717, 1.165) is 16.2 Å². The number of hydrogen-bond donors (Lipinski definition) is 0. The molecule has 0 saturated heterocycles. The number of carbonyl (C=O) groups is 1.